The van der Waals surface area contributed by atoms with E-state index < -0.39 is 12.0 Å². The van der Waals surface area contributed by atoms with Crippen LogP contribution in [-0.4, -0.2) is 17.1 Å². The summed E-state index contributed by atoms with van der Waals surface area (Å²) in [5, 5.41) is 0. The summed E-state index contributed by atoms with van der Waals surface area (Å²) in [6.45, 7) is 2.00. The first-order valence-corrected chi connectivity index (χ1v) is 13.1. The van der Waals surface area contributed by atoms with E-state index in [2.05, 4.69) is 22.6 Å². The molecule has 2 heterocycles. The summed E-state index contributed by atoms with van der Waals surface area (Å²) in [6.07, 6.45) is 1.87. The SMILES string of the molecule is CCOC(=O)C1=C(c2ccccc2)N=c2s/c(=C/c3ccc(I)cc3)c(=O)n2C1c1ccccc1. The highest BCUT2D eigenvalue weighted by atomic mass is 127. The van der Waals surface area contributed by atoms with Crippen LogP contribution >= 0.6 is 33.9 Å². The van der Waals surface area contributed by atoms with Gasteiger partial charge in [0.05, 0.1) is 28.5 Å². The summed E-state index contributed by atoms with van der Waals surface area (Å²) in [6, 6.07) is 26.4. The van der Waals surface area contributed by atoms with Crippen LogP contribution in [0.3, 0.4) is 0 Å². The van der Waals surface area contributed by atoms with E-state index in [0.29, 0.717) is 20.6 Å². The fourth-order valence-corrected chi connectivity index (χ4v) is 5.46. The molecule has 1 aromatic heterocycles. The molecule has 1 aliphatic rings. The largest absolute Gasteiger partial charge is 0.463 e. The third-order valence-electron chi connectivity index (χ3n) is 5.66. The molecule has 5 nitrogen and oxygen atoms in total. The summed E-state index contributed by atoms with van der Waals surface area (Å²) in [4.78, 5) is 32.5. The number of halogens is 1. The van der Waals surface area contributed by atoms with Gasteiger partial charge in [-0.05, 0) is 58.9 Å². The number of ether oxygens (including phenoxy) is 1. The van der Waals surface area contributed by atoms with Gasteiger partial charge in [-0.15, -0.1) is 0 Å². The summed E-state index contributed by atoms with van der Waals surface area (Å²) in [5.74, 6) is -0.476. The van der Waals surface area contributed by atoms with Crippen molar-refractivity contribution >= 4 is 51.7 Å². The number of hydrogen-bond donors (Lipinski definition) is 0. The van der Waals surface area contributed by atoms with E-state index in [1.807, 2.05) is 91.0 Å². The Morgan fingerprint density at radius 1 is 1.03 bits per heavy atom. The van der Waals surface area contributed by atoms with Crippen LogP contribution in [0, 0.1) is 3.57 Å². The Labute approximate surface area is 219 Å². The van der Waals surface area contributed by atoms with Crippen molar-refractivity contribution in [2.75, 3.05) is 6.61 Å². The minimum absolute atomic E-state index is 0.185. The zero-order valence-corrected chi connectivity index (χ0v) is 21.8. The molecule has 0 N–H and O–H groups in total. The van der Waals surface area contributed by atoms with E-state index in [0.717, 1.165) is 20.3 Å². The minimum atomic E-state index is -0.652. The Morgan fingerprint density at radius 3 is 2.34 bits per heavy atom. The van der Waals surface area contributed by atoms with Gasteiger partial charge in [0.2, 0.25) is 0 Å². The van der Waals surface area contributed by atoms with Crippen molar-refractivity contribution in [3.05, 3.63) is 130 Å². The third kappa shape index (κ3) is 4.66. The molecule has 3 aromatic carbocycles. The van der Waals surface area contributed by atoms with Gasteiger partial charge in [-0.25, -0.2) is 9.79 Å². The fourth-order valence-electron chi connectivity index (χ4n) is 4.10. The normalized spacial score (nSPS) is 15.5. The topological polar surface area (TPSA) is 60.7 Å². The van der Waals surface area contributed by atoms with E-state index in [9.17, 15) is 9.59 Å². The molecule has 7 heteroatoms. The Balaban J connectivity index is 1.82. The molecule has 0 amide bonds. The molecule has 4 aromatic rings. The predicted octanol–water partition coefficient (Wildman–Crippen LogP) is 4.54. The molecule has 1 atom stereocenters. The van der Waals surface area contributed by atoms with Gasteiger partial charge in [-0.3, -0.25) is 9.36 Å². The maximum Gasteiger partial charge on any atom is 0.338 e. The van der Waals surface area contributed by atoms with Gasteiger partial charge >= 0.3 is 5.97 Å². The summed E-state index contributed by atoms with van der Waals surface area (Å²) in [7, 11) is 0. The van der Waals surface area contributed by atoms with E-state index in [4.69, 9.17) is 9.73 Å². The number of carbonyl (C=O) groups excluding carboxylic acids is 1. The second-order valence-electron chi connectivity index (χ2n) is 7.89. The Morgan fingerprint density at radius 2 is 1.69 bits per heavy atom. The number of esters is 1. The van der Waals surface area contributed by atoms with Crippen molar-refractivity contribution in [3.63, 3.8) is 0 Å². The number of thiazole rings is 1. The third-order valence-corrected chi connectivity index (χ3v) is 7.36. The first kappa shape index (κ1) is 23.4. The lowest BCUT2D eigenvalue weighted by molar-refractivity contribution is -0.138. The second kappa shape index (κ2) is 10.1. The Kier molecular flexibility index (Phi) is 6.79. The second-order valence-corrected chi connectivity index (χ2v) is 10.1. The molecule has 1 aliphatic heterocycles. The molecular weight excluding hydrogens is 571 g/mol. The first-order valence-electron chi connectivity index (χ1n) is 11.2. The van der Waals surface area contributed by atoms with Gasteiger partial charge in [0, 0.05) is 9.13 Å². The highest BCUT2D eigenvalue weighted by molar-refractivity contribution is 14.1. The lowest BCUT2D eigenvalue weighted by atomic mass is 9.93. The van der Waals surface area contributed by atoms with Crippen LogP contribution in [0.2, 0.25) is 0 Å². The quantitative estimate of drug-likeness (QED) is 0.253. The average molecular weight is 592 g/mol. The van der Waals surface area contributed by atoms with Gasteiger partial charge in [0.15, 0.2) is 4.80 Å². The lowest BCUT2D eigenvalue weighted by Gasteiger charge is -2.25. The molecule has 0 spiro atoms. The maximum absolute atomic E-state index is 13.7. The van der Waals surface area contributed by atoms with E-state index in [-0.39, 0.29) is 12.2 Å². The highest BCUT2D eigenvalue weighted by Gasteiger charge is 2.35. The summed E-state index contributed by atoms with van der Waals surface area (Å²) in [5.41, 5.74) is 3.25. The van der Waals surface area contributed by atoms with Crippen LogP contribution < -0.4 is 14.9 Å². The molecular formula is C28H21IN2O3S. The standard InChI is InChI=1S/C28H21IN2O3S/c1-2-34-27(33)23-24(19-9-5-3-6-10-19)30-28-31(25(23)20-11-7-4-8-12-20)26(32)22(35-28)17-18-13-15-21(29)16-14-18/h3-17,25H,2H2,1H3/b22-17+. The van der Waals surface area contributed by atoms with Crippen LogP contribution in [0.25, 0.3) is 11.8 Å². The molecule has 174 valence electrons. The van der Waals surface area contributed by atoms with E-state index in [1.54, 1.807) is 11.5 Å². The van der Waals surface area contributed by atoms with Crippen molar-refractivity contribution in [3.8, 4) is 0 Å². The zero-order valence-electron chi connectivity index (χ0n) is 18.9. The molecule has 0 aliphatic carbocycles. The number of nitrogens with zero attached hydrogens (tertiary/aromatic N) is 2. The molecule has 5 rings (SSSR count). The maximum atomic E-state index is 13.7. The van der Waals surface area contributed by atoms with Gasteiger partial charge in [-0.1, -0.05) is 84.1 Å². The Bertz CT molecular complexity index is 1590. The monoisotopic (exact) mass is 592 g/mol. The molecule has 0 fully saturated rings. The van der Waals surface area contributed by atoms with Crippen LogP contribution in [0.4, 0.5) is 0 Å². The number of benzene rings is 3. The minimum Gasteiger partial charge on any atom is -0.463 e. The van der Waals surface area contributed by atoms with Crippen molar-refractivity contribution in [2.24, 2.45) is 4.99 Å². The van der Waals surface area contributed by atoms with E-state index >= 15 is 0 Å². The number of carbonyl (C=O) groups is 1. The number of hydrogen-bond acceptors (Lipinski definition) is 5. The predicted molar refractivity (Wildman–Crippen MR) is 147 cm³/mol. The zero-order chi connectivity index (χ0) is 24.4. The van der Waals surface area contributed by atoms with Crippen molar-refractivity contribution in [2.45, 2.75) is 13.0 Å². The molecule has 35 heavy (non-hydrogen) atoms. The van der Waals surface area contributed by atoms with Crippen LogP contribution in [0.15, 0.2) is 100 Å². The van der Waals surface area contributed by atoms with Crippen molar-refractivity contribution in [1.82, 2.24) is 4.57 Å². The van der Waals surface area contributed by atoms with Crippen LogP contribution in [0.1, 0.15) is 29.7 Å². The molecule has 0 saturated carbocycles. The summed E-state index contributed by atoms with van der Waals surface area (Å²) < 4.78 is 8.78. The fraction of sp³-hybridized carbons (Fsp3) is 0.107. The van der Waals surface area contributed by atoms with Crippen LogP contribution in [-0.2, 0) is 9.53 Å². The van der Waals surface area contributed by atoms with E-state index in [1.165, 1.54) is 11.3 Å². The van der Waals surface area contributed by atoms with Crippen molar-refractivity contribution < 1.29 is 9.53 Å². The van der Waals surface area contributed by atoms with Gasteiger partial charge < -0.3 is 4.74 Å². The highest BCUT2D eigenvalue weighted by Crippen LogP contribution is 2.35. The number of fused-ring (bicyclic) bond motifs is 1. The number of rotatable bonds is 5. The Hall–Kier alpha value is -3.30. The van der Waals surface area contributed by atoms with Crippen LogP contribution in [0.5, 0.6) is 0 Å². The molecule has 0 saturated heterocycles. The first-order chi connectivity index (χ1) is 17.1. The van der Waals surface area contributed by atoms with Gasteiger partial charge in [0.1, 0.15) is 0 Å². The lowest BCUT2D eigenvalue weighted by Crippen LogP contribution is -2.39. The molecule has 1 unspecified atom stereocenters. The molecule has 0 radical (unpaired) electrons. The smallest absolute Gasteiger partial charge is 0.338 e. The number of aromatic nitrogens is 1. The molecule has 0 bridgehead atoms. The average Bonchev–Trinajstić information content (AvgIpc) is 3.20. The van der Waals surface area contributed by atoms with Crippen molar-refractivity contribution in [1.29, 1.82) is 0 Å². The summed E-state index contributed by atoms with van der Waals surface area (Å²) >= 11 is 3.58. The van der Waals surface area contributed by atoms with Gasteiger partial charge in [0.25, 0.3) is 5.56 Å². The van der Waals surface area contributed by atoms with Gasteiger partial charge in [-0.2, -0.15) is 0 Å².